The van der Waals surface area contributed by atoms with Crippen molar-refractivity contribution in [3.05, 3.63) is 91.9 Å². The van der Waals surface area contributed by atoms with E-state index in [4.69, 9.17) is 0 Å². The highest BCUT2D eigenvalue weighted by molar-refractivity contribution is 5.80. The van der Waals surface area contributed by atoms with Gasteiger partial charge in [-0.05, 0) is 30.2 Å². The second-order valence-corrected chi connectivity index (χ2v) is 6.92. The van der Waals surface area contributed by atoms with Crippen LogP contribution in [0.3, 0.4) is 0 Å². The molecule has 2 heterocycles. The van der Waals surface area contributed by atoms with Gasteiger partial charge in [0.25, 0.3) is 5.56 Å². The number of H-pyrrole nitrogens is 1. The summed E-state index contributed by atoms with van der Waals surface area (Å²) >= 11 is 0. The first kappa shape index (κ1) is 19.3. The molecule has 0 unspecified atom stereocenters. The lowest BCUT2D eigenvalue weighted by Crippen LogP contribution is -2.29. The largest absolute Gasteiger partial charge is 0.329 e. The van der Waals surface area contributed by atoms with Crippen LogP contribution >= 0.6 is 0 Å². The van der Waals surface area contributed by atoms with Gasteiger partial charge >= 0.3 is 5.69 Å². The normalized spacial score (nSPS) is 11.4. The van der Waals surface area contributed by atoms with E-state index in [0.717, 1.165) is 11.1 Å². The Morgan fingerprint density at radius 2 is 1.97 bits per heavy atom. The number of hydrazone groups is 1. The highest BCUT2D eigenvalue weighted by Crippen LogP contribution is 2.18. The van der Waals surface area contributed by atoms with Gasteiger partial charge in [-0.15, -0.1) is 0 Å². The number of fused-ring (bicyclic) bond motifs is 1. The molecule has 0 saturated carbocycles. The van der Waals surface area contributed by atoms with E-state index in [9.17, 15) is 14.0 Å². The predicted octanol–water partition coefficient (Wildman–Crippen LogP) is 2.37. The first-order valence-electron chi connectivity index (χ1n) is 9.22. The van der Waals surface area contributed by atoms with Crippen LogP contribution in [-0.2, 0) is 13.6 Å². The van der Waals surface area contributed by atoms with Crippen molar-refractivity contribution in [2.45, 2.75) is 13.5 Å². The van der Waals surface area contributed by atoms with Gasteiger partial charge in [0.15, 0.2) is 11.2 Å². The molecule has 0 bridgehead atoms. The van der Waals surface area contributed by atoms with E-state index in [-0.39, 0.29) is 17.0 Å². The summed E-state index contributed by atoms with van der Waals surface area (Å²) < 4.78 is 16.0. The molecule has 4 rings (SSSR count). The SMILES string of the molecule is Cc1cccc(Cn2c(N/N=C/c3ccc(F)cc3)nc3c2c(=O)[nH]c(=O)n3C)c1. The van der Waals surface area contributed by atoms with Crippen LogP contribution in [0.25, 0.3) is 11.2 Å². The first-order chi connectivity index (χ1) is 14.4. The first-order valence-corrected chi connectivity index (χ1v) is 9.22. The van der Waals surface area contributed by atoms with Crippen molar-refractivity contribution >= 4 is 23.3 Å². The van der Waals surface area contributed by atoms with Crippen molar-refractivity contribution in [3.63, 3.8) is 0 Å². The minimum absolute atomic E-state index is 0.246. The fourth-order valence-corrected chi connectivity index (χ4v) is 3.18. The molecule has 0 aliphatic rings. The third-order valence-electron chi connectivity index (χ3n) is 4.68. The second kappa shape index (κ2) is 7.78. The Bertz CT molecular complexity index is 1370. The number of nitrogens with one attached hydrogen (secondary N) is 2. The molecule has 0 fully saturated rings. The third-order valence-corrected chi connectivity index (χ3v) is 4.68. The number of nitrogens with zero attached hydrogens (tertiary/aromatic N) is 4. The molecule has 8 nitrogen and oxygen atoms in total. The molecule has 0 aliphatic carbocycles. The lowest BCUT2D eigenvalue weighted by atomic mass is 10.1. The van der Waals surface area contributed by atoms with Gasteiger partial charge in [0.05, 0.1) is 12.8 Å². The summed E-state index contributed by atoms with van der Waals surface area (Å²) in [6.07, 6.45) is 1.51. The minimum atomic E-state index is -0.547. The van der Waals surface area contributed by atoms with Crippen LogP contribution in [-0.4, -0.2) is 25.3 Å². The van der Waals surface area contributed by atoms with Gasteiger partial charge < -0.3 is 0 Å². The summed E-state index contributed by atoms with van der Waals surface area (Å²) in [6.45, 7) is 2.34. The van der Waals surface area contributed by atoms with Crippen LogP contribution in [0.4, 0.5) is 10.3 Å². The maximum atomic E-state index is 13.1. The van der Waals surface area contributed by atoms with Crippen LogP contribution in [0.15, 0.2) is 63.2 Å². The molecular formula is C21H19FN6O2. The minimum Gasteiger partial charge on any atom is -0.298 e. The summed E-state index contributed by atoms with van der Waals surface area (Å²) in [5, 5.41) is 4.16. The molecule has 0 aliphatic heterocycles. The highest BCUT2D eigenvalue weighted by atomic mass is 19.1. The standard InChI is InChI=1S/C21H19FN6O2/c1-13-4-3-5-15(10-13)12-28-17-18(27(2)21(30)25-19(17)29)24-20(28)26-23-11-14-6-8-16(22)9-7-14/h3-11H,12H2,1-2H3,(H,24,26)(H,25,29,30)/b23-11+. The zero-order valence-electron chi connectivity index (χ0n) is 16.4. The van der Waals surface area contributed by atoms with Crippen molar-refractivity contribution in [1.82, 2.24) is 19.1 Å². The number of imidazole rings is 1. The second-order valence-electron chi connectivity index (χ2n) is 6.92. The zero-order valence-corrected chi connectivity index (χ0v) is 16.4. The Balaban J connectivity index is 1.78. The number of aromatic nitrogens is 4. The van der Waals surface area contributed by atoms with E-state index in [1.54, 1.807) is 16.7 Å². The van der Waals surface area contributed by atoms with E-state index in [1.165, 1.54) is 30.0 Å². The Morgan fingerprint density at radius 1 is 1.20 bits per heavy atom. The Kier molecular flexibility index (Phi) is 5.01. The fraction of sp³-hybridized carbons (Fsp3) is 0.143. The molecule has 30 heavy (non-hydrogen) atoms. The molecular weight excluding hydrogens is 387 g/mol. The number of aromatic amines is 1. The average molecular weight is 406 g/mol. The van der Waals surface area contributed by atoms with Crippen molar-refractivity contribution in [2.24, 2.45) is 12.1 Å². The zero-order chi connectivity index (χ0) is 21.3. The van der Waals surface area contributed by atoms with Gasteiger partial charge in [-0.25, -0.2) is 14.6 Å². The number of benzene rings is 2. The van der Waals surface area contributed by atoms with Crippen molar-refractivity contribution in [2.75, 3.05) is 5.43 Å². The maximum absolute atomic E-state index is 13.1. The number of anilines is 1. The van der Waals surface area contributed by atoms with Crippen LogP contribution in [0.5, 0.6) is 0 Å². The summed E-state index contributed by atoms with van der Waals surface area (Å²) in [4.78, 5) is 31.2. The van der Waals surface area contributed by atoms with Gasteiger partial charge in [-0.2, -0.15) is 10.1 Å². The van der Waals surface area contributed by atoms with Crippen LogP contribution in [0.2, 0.25) is 0 Å². The molecule has 0 saturated heterocycles. The van der Waals surface area contributed by atoms with E-state index in [1.807, 2.05) is 31.2 Å². The number of halogens is 1. The molecule has 0 amide bonds. The number of hydrogen-bond donors (Lipinski definition) is 2. The average Bonchev–Trinajstić information content (AvgIpc) is 3.07. The third kappa shape index (κ3) is 3.77. The lowest BCUT2D eigenvalue weighted by Gasteiger charge is -2.09. The quantitative estimate of drug-likeness (QED) is 0.393. The smallest absolute Gasteiger partial charge is 0.298 e. The summed E-state index contributed by atoms with van der Waals surface area (Å²) in [5.74, 6) is -0.0308. The molecule has 0 atom stereocenters. The lowest BCUT2D eigenvalue weighted by molar-refractivity contribution is 0.628. The number of hydrogen-bond acceptors (Lipinski definition) is 5. The van der Waals surface area contributed by atoms with E-state index in [0.29, 0.717) is 18.1 Å². The molecule has 2 N–H and O–H groups in total. The van der Waals surface area contributed by atoms with E-state index in [2.05, 4.69) is 20.5 Å². The number of rotatable bonds is 5. The summed E-state index contributed by atoms with van der Waals surface area (Å²) in [7, 11) is 1.54. The van der Waals surface area contributed by atoms with Gasteiger partial charge in [-0.1, -0.05) is 42.0 Å². The van der Waals surface area contributed by atoms with Crippen LogP contribution in [0, 0.1) is 12.7 Å². The Hall–Kier alpha value is -4.01. The number of aryl methyl sites for hydroxylation is 2. The molecule has 9 heteroatoms. The highest BCUT2D eigenvalue weighted by Gasteiger charge is 2.17. The summed E-state index contributed by atoms with van der Waals surface area (Å²) in [6, 6.07) is 13.7. The monoisotopic (exact) mass is 406 g/mol. The van der Waals surface area contributed by atoms with Crippen molar-refractivity contribution < 1.29 is 4.39 Å². The van der Waals surface area contributed by atoms with Crippen molar-refractivity contribution in [1.29, 1.82) is 0 Å². The van der Waals surface area contributed by atoms with Gasteiger partial charge in [-0.3, -0.25) is 18.9 Å². The van der Waals surface area contributed by atoms with E-state index < -0.39 is 11.2 Å². The predicted molar refractivity (Wildman–Crippen MR) is 113 cm³/mol. The van der Waals surface area contributed by atoms with Crippen molar-refractivity contribution in [3.8, 4) is 0 Å². The van der Waals surface area contributed by atoms with Crippen LogP contribution < -0.4 is 16.7 Å². The van der Waals surface area contributed by atoms with Gasteiger partial charge in [0.1, 0.15) is 5.82 Å². The van der Waals surface area contributed by atoms with Gasteiger partial charge in [0, 0.05) is 7.05 Å². The Labute approximate surface area is 170 Å². The fourth-order valence-electron chi connectivity index (χ4n) is 3.18. The molecule has 4 aromatic rings. The van der Waals surface area contributed by atoms with E-state index >= 15 is 0 Å². The molecule has 0 spiro atoms. The maximum Gasteiger partial charge on any atom is 0.329 e. The van der Waals surface area contributed by atoms with Crippen LogP contribution in [0.1, 0.15) is 16.7 Å². The topological polar surface area (TPSA) is 97.1 Å². The van der Waals surface area contributed by atoms with Gasteiger partial charge in [0.2, 0.25) is 5.95 Å². The Morgan fingerprint density at radius 3 is 2.70 bits per heavy atom. The molecule has 0 radical (unpaired) electrons. The molecule has 152 valence electrons. The summed E-state index contributed by atoms with van der Waals surface area (Å²) in [5.41, 5.74) is 5.01. The molecule has 2 aromatic heterocycles. The molecule has 2 aromatic carbocycles.